The summed E-state index contributed by atoms with van der Waals surface area (Å²) >= 11 is 0. The Kier molecular flexibility index (Phi) is 3.40. The van der Waals surface area contributed by atoms with Crippen molar-refractivity contribution in [1.82, 2.24) is 9.80 Å². The van der Waals surface area contributed by atoms with E-state index in [4.69, 9.17) is 5.11 Å². The van der Waals surface area contributed by atoms with Gasteiger partial charge in [-0.15, -0.1) is 0 Å². The molecule has 3 atom stereocenters. The zero-order valence-electron chi connectivity index (χ0n) is 12.2. The predicted molar refractivity (Wildman–Crippen MR) is 72.9 cm³/mol. The van der Waals surface area contributed by atoms with Gasteiger partial charge in [-0.1, -0.05) is 13.8 Å². The van der Waals surface area contributed by atoms with Gasteiger partial charge in [-0.25, -0.2) is 0 Å². The van der Waals surface area contributed by atoms with E-state index in [2.05, 4.69) is 23.6 Å². The molecule has 0 aromatic carbocycles. The zero-order chi connectivity index (χ0) is 14.7. The molecule has 0 spiro atoms. The molecule has 4 aliphatic rings. The average molecular weight is 286 g/mol. The summed E-state index contributed by atoms with van der Waals surface area (Å²) in [6.07, 6.45) is -2.73. The predicted octanol–water partition coefficient (Wildman–Crippen LogP) is -1.56. The van der Waals surface area contributed by atoms with Crippen molar-refractivity contribution in [2.75, 3.05) is 32.8 Å². The number of piperidine rings is 2. The molecule has 0 amide bonds. The van der Waals surface area contributed by atoms with E-state index >= 15 is 0 Å². The molecular weight excluding hydrogens is 260 g/mol. The largest absolute Gasteiger partial charge is 0.394 e. The quantitative estimate of drug-likeness (QED) is 0.500. The van der Waals surface area contributed by atoms with Crippen LogP contribution in [-0.4, -0.2) is 87.5 Å². The van der Waals surface area contributed by atoms with Crippen LogP contribution in [0.15, 0.2) is 0 Å². The van der Waals surface area contributed by atoms with Crippen molar-refractivity contribution in [2.45, 2.75) is 44.7 Å². The fourth-order valence-corrected chi connectivity index (χ4v) is 4.98. The smallest absolute Gasteiger partial charge is 0.111 e. The van der Waals surface area contributed by atoms with Crippen LogP contribution >= 0.6 is 0 Å². The summed E-state index contributed by atoms with van der Waals surface area (Å²) in [5.41, 5.74) is 0.504. The molecule has 20 heavy (non-hydrogen) atoms. The molecule has 4 bridgehead atoms. The fourth-order valence-electron chi connectivity index (χ4n) is 4.98. The first-order valence-corrected chi connectivity index (χ1v) is 7.40. The first-order valence-electron chi connectivity index (χ1n) is 7.40. The summed E-state index contributed by atoms with van der Waals surface area (Å²) in [5, 5.41) is 38.9. The molecule has 4 aliphatic heterocycles. The van der Waals surface area contributed by atoms with Gasteiger partial charge in [0.25, 0.3) is 0 Å². The summed E-state index contributed by atoms with van der Waals surface area (Å²) < 4.78 is 0. The monoisotopic (exact) mass is 286 g/mol. The number of hydrogen-bond donors (Lipinski definition) is 4. The van der Waals surface area contributed by atoms with Gasteiger partial charge in [-0.2, -0.15) is 0 Å². The molecule has 0 aromatic heterocycles. The highest BCUT2D eigenvalue weighted by atomic mass is 16.4. The van der Waals surface area contributed by atoms with E-state index in [-0.39, 0.29) is 17.0 Å². The molecule has 0 unspecified atom stereocenters. The highest BCUT2D eigenvalue weighted by molar-refractivity contribution is 5.09. The maximum Gasteiger partial charge on any atom is 0.111 e. The van der Waals surface area contributed by atoms with Gasteiger partial charge in [0.2, 0.25) is 0 Å². The summed E-state index contributed by atoms with van der Waals surface area (Å²) in [6.45, 7) is 7.70. The molecule has 116 valence electrons. The van der Waals surface area contributed by atoms with E-state index in [0.29, 0.717) is 0 Å². The molecule has 0 aliphatic carbocycles. The first kappa shape index (κ1) is 14.7. The lowest BCUT2D eigenvalue weighted by Gasteiger charge is -2.67. The van der Waals surface area contributed by atoms with Crippen LogP contribution in [0, 0.1) is 10.8 Å². The Morgan fingerprint density at radius 1 is 1.00 bits per heavy atom. The van der Waals surface area contributed by atoms with E-state index in [9.17, 15) is 15.3 Å². The van der Waals surface area contributed by atoms with Crippen molar-refractivity contribution in [3.8, 4) is 0 Å². The molecule has 4 saturated heterocycles. The highest BCUT2D eigenvalue weighted by Crippen LogP contribution is 2.51. The number of hydrogen-bond acceptors (Lipinski definition) is 6. The van der Waals surface area contributed by atoms with Gasteiger partial charge in [-0.3, -0.25) is 9.80 Å². The second-order valence-corrected chi connectivity index (χ2v) is 7.75. The minimum Gasteiger partial charge on any atom is -0.394 e. The van der Waals surface area contributed by atoms with E-state index in [1.165, 1.54) is 6.42 Å². The number of aliphatic hydroxyl groups is 4. The number of rotatable bonds is 4. The van der Waals surface area contributed by atoms with Crippen molar-refractivity contribution < 1.29 is 20.4 Å². The van der Waals surface area contributed by atoms with Crippen molar-refractivity contribution >= 4 is 0 Å². The summed E-state index contributed by atoms with van der Waals surface area (Å²) in [5.74, 6) is 0. The van der Waals surface area contributed by atoms with Crippen molar-refractivity contribution in [1.29, 1.82) is 0 Å². The molecule has 0 saturated carbocycles. The van der Waals surface area contributed by atoms with Gasteiger partial charge in [-0.05, 0) is 17.3 Å². The summed E-state index contributed by atoms with van der Waals surface area (Å²) in [7, 11) is 0. The maximum atomic E-state index is 10.4. The number of nitrogens with zero attached hydrogens (tertiary/aromatic N) is 2. The molecule has 4 heterocycles. The van der Waals surface area contributed by atoms with Gasteiger partial charge < -0.3 is 20.4 Å². The van der Waals surface area contributed by atoms with Gasteiger partial charge in [0.1, 0.15) is 18.3 Å². The van der Waals surface area contributed by atoms with Crippen LogP contribution in [-0.2, 0) is 0 Å². The lowest BCUT2D eigenvalue weighted by atomic mass is 9.63. The molecule has 0 radical (unpaired) electrons. The third kappa shape index (κ3) is 2.19. The SMILES string of the molecule is CC12CN3CC(C)(CN(C1)C3[C@H](O)[C@@H](O)[C@@H](O)CO)C2. The van der Waals surface area contributed by atoms with Crippen LogP contribution in [0.1, 0.15) is 20.3 Å². The summed E-state index contributed by atoms with van der Waals surface area (Å²) in [6, 6.07) is 0. The second-order valence-electron chi connectivity index (χ2n) is 7.75. The van der Waals surface area contributed by atoms with Crippen molar-refractivity contribution in [3.05, 3.63) is 0 Å². The standard InChI is InChI=1S/C14H26N2O4/c1-13-4-14(2)7-15(5-13)12(16(6-13)8-14)11(20)10(19)9(18)3-17/h9-12,17-20H,3-8H2,1-2H3/t9-,10-,11+,12?,13?,14?/m0/s1. The van der Waals surface area contributed by atoms with Crippen LogP contribution in [0.2, 0.25) is 0 Å². The van der Waals surface area contributed by atoms with Crippen LogP contribution in [0.3, 0.4) is 0 Å². The fraction of sp³-hybridized carbons (Fsp3) is 1.00. The van der Waals surface area contributed by atoms with E-state index in [1.807, 2.05) is 0 Å². The Bertz CT molecular complexity index is 355. The normalized spacial score (nSPS) is 51.0. The van der Waals surface area contributed by atoms with E-state index in [1.54, 1.807) is 0 Å². The van der Waals surface area contributed by atoms with Crippen LogP contribution in [0.5, 0.6) is 0 Å². The van der Waals surface area contributed by atoms with Crippen molar-refractivity contribution in [3.63, 3.8) is 0 Å². The maximum absolute atomic E-state index is 10.4. The topological polar surface area (TPSA) is 87.4 Å². The second kappa shape index (κ2) is 4.63. The Balaban J connectivity index is 1.80. The Hall–Kier alpha value is -0.240. The molecular formula is C14H26N2O4. The molecule has 4 N–H and O–H groups in total. The molecule has 4 rings (SSSR count). The van der Waals surface area contributed by atoms with Crippen molar-refractivity contribution in [2.24, 2.45) is 10.8 Å². The van der Waals surface area contributed by atoms with Crippen LogP contribution < -0.4 is 0 Å². The van der Waals surface area contributed by atoms with E-state index < -0.39 is 24.9 Å². The Labute approximate surface area is 119 Å². The third-order valence-corrected chi connectivity index (χ3v) is 5.18. The molecule has 6 nitrogen and oxygen atoms in total. The first-order chi connectivity index (χ1) is 9.27. The van der Waals surface area contributed by atoms with Gasteiger partial charge in [0.05, 0.1) is 12.8 Å². The molecule has 6 heteroatoms. The Morgan fingerprint density at radius 3 is 1.85 bits per heavy atom. The van der Waals surface area contributed by atoms with Gasteiger partial charge >= 0.3 is 0 Å². The lowest BCUT2D eigenvalue weighted by molar-refractivity contribution is -0.235. The van der Waals surface area contributed by atoms with Crippen LogP contribution in [0.4, 0.5) is 0 Å². The highest BCUT2D eigenvalue weighted by Gasteiger charge is 2.58. The zero-order valence-corrected chi connectivity index (χ0v) is 12.2. The Morgan fingerprint density at radius 2 is 1.45 bits per heavy atom. The third-order valence-electron chi connectivity index (χ3n) is 5.18. The lowest BCUT2D eigenvalue weighted by Crippen LogP contribution is -2.77. The minimum absolute atomic E-state index is 0.252. The minimum atomic E-state index is -1.32. The van der Waals surface area contributed by atoms with E-state index in [0.717, 1.165) is 26.2 Å². The van der Waals surface area contributed by atoms with Crippen LogP contribution in [0.25, 0.3) is 0 Å². The summed E-state index contributed by atoms with van der Waals surface area (Å²) in [4.78, 5) is 4.46. The number of aliphatic hydroxyl groups excluding tert-OH is 4. The molecule has 0 aromatic rings. The van der Waals surface area contributed by atoms with Gasteiger partial charge in [0.15, 0.2) is 0 Å². The molecule has 4 fully saturated rings. The van der Waals surface area contributed by atoms with Gasteiger partial charge in [0, 0.05) is 26.2 Å². The average Bonchev–Trinajstić information content (AvgIpc) is 2.32.